The van der Waals surface area contributed by atoms with Crippen LogP contribution in [0.15, 0.2) is 5.03 Å². The van der Waals surface area contributed by atoms with E-state index in [9.17, 15) is 4.79 Å². The highest BCUT2D eigenvalue weighted by atomic mass is 32.2. The van der Waals surface area contributed by atoms with Crippen molar-refractivity contribution >= 4 is 17.7 Å². The van der Waals surface area contributed by atoms with E-state index in [1.807, 2.05) is 6.92 Å². The number of aryl methyl sites for hydroxylation is 2. The van der Waals surface area contributed by atoms with Gasteiger partial charge in [0.2, 0.25) is 5.91 Å². The van der Waals surface area contributed by atoms with Crippen molar-refractivity contribution < 1.29 is 4.79 Å². The summed E-state index contributed by atoms with van der Waals surface area (Å²) in [5, 5.41) is 12.6. The Bertz CT molecular complexity index is 525. The fourth-order valence-corrected chi connectivity index (χ4v) is 2.76. The number of aromatic nitrogens is 2. The summed E-state index contributed by atoms with van der Waals surface area (Å²) in [6.45, 7) is 7.64. The van der Waals surface area contributed by atoms with Crippen molar-refractivity contribution in [3.05, 3.63) is 17.1 Å². The Hall–Kier alpha value is -1.61. The van der Waals surface area contributed by atoms with Crippen LogP contribution in [0, 0.1) is 25.2 Å². The molecule has 6 heteroatoms. The average molecular weight is 292 g/mol. The van der Waals surface area contributed by atoms with Crippen LogP contribution in [0.25, 0.3) is 0 Å². The van der Waals surface area contributed by atoms with Gasteiger partial charge < -0.3 is 5.32 Å². The molecule has 1 amide bonds. The second-order valence-corrected chi connectivity index (χ2v) is 5.66. The molecular weight excluding hydrogens is 272 g/mol. The molecule has 1 unspecified atom stereocenters. The molecule has 1 heterocycles. The predicted octanol–water partition coefficient (Wildman–Crippen LogP) is 2.36. The molecule has 0 fully saturated rings. The van der Waals surface area contributed by atoms with Gasteiger partial charge in [0.15, 0.2) is 0 Å². The smallest absolute Gasteiger partial charge is 0.230 e. The SMILES string of the molecule is CCCC(C)NC(=O)CSc1nc(C)nc(C)c1C#N. The molecule has 1 atom stereocenters. The molecule has 0 aliphatic heterocycles. The number of carbonyl (C=O) groups excluding carboxylic acids is 1. The van der Waals surface area contributed by atoms with Crippen LogP contribution in [0.3, 0.4) is 0 Å². The summed E-state index contributed by atoms with van der Waals surface area (Å²) in [6, 6.07) is 2.28. The van der Waals surface area contributed by atoms with Crippen LogP contribution in [0.1, 0.15) is 43.8 Å². The largest absolute Gasteiger partial charge is 0.353 e. The Morgan fingerprint density at radius 1 is 1.45 bits per heavy atom. The van der Waals surface area contributed by atoms with Gasteiger partial charge in [0.25, 0.3) is 0 Å². The van der Waals surface area contributed by atoms with Crippen LogP contribution in [0.4, 0.5) is 0 Å². The zero-order valence-electron chi connectivity index (χ0n) is 12.4. The van der Waals surface area contributed by atoms with Gasteiger partial charge in [0, 0.05) is 6.04 Å². The molecule has 0 spiro atoms. The number of thioether (sulfide) groups is 1. The van der Waals surface area contributed by atoms with Crippen molar-refractivity contribution in [1.82, 2.24) is 15.3 Å². The van der Waals surface area contributed by atoms with Crippen LogP contribution in [0.2, 0.25) is 0 Å². The first kappa shape index (κ1) is 16.4. The summed E-state index contributed by atoms with van der Waals surface area (Å²) in [7, 11) is 0. The highest BCUT2D eigenvalue weighted by Crippen LogP contribution is 2.21. The number of amides is 1. The molecule has 1 N–H and O–H groups in total. The third-order valence-corrected chi connectivity index (χ3v) is 3.72. The highest BCUT2D eigenvalue weighted by molar-refractivity contribution is 8.00. The Morgan fingerprint density at radius 3 is 2.75 bits per heavy atom. The Morgan fingerprint density at radius 2 is 2.15 bits per heavy atom. The van der Waals surface area contributed by atoms with Crippen LogP contribution in [-0.2, 0) is 4.79 Å². The first-order valence-electron chi connectivity index (χ1n) is 6.65. The predicted molar refractivity (Wildman–Crippen MR) is 79.5 cm³/mol. The maximum absolute atomic E-state index is 11.8. The van der Waals surface area contributed by atoms with Crippen molar-refractivity contribution in [2.75, 3.05) is 5.75 Å². The van der Waals surface area contributed by atoms with E-state index in [4.69, 9.17) is 5.26 Å². The molecule has 0 aliphatic rings. The fourth-order valence-electron chi connectivity index (χ4n) is 1.87. The van der Waals surface area contributed by atoms with Gasteiger partial charge in [0.1, 0.15) is 22.5 Å². The van der Waals surface area contributed by atoms with Gasteiger partial charge in [0.05, 0.1) is 11.4 Å². The lowest BCUT2D eigenvalue weighted by atomic mass is 10.2. The molecule has 0 radical (unpaired) electrons. The van der Waals surface area contributed by atoms with Crippen molar-refractivity contribution in [2.45, 2.75) is 51.6 Å². The molecule has 0 aliphatic carbocycles. The highest BCUT2D eigenvalue weighted by Gasteiger charge is 2.13. The van der Waals surface area contributed by atoms with E-state index < -0.39 is 0 Å². The van der Waals surface area contributed by atoms with E-state index in [2.05, 4.69) is 28.3 Å². The maximum atomic E-state index is 11.8. The number of hydrogen-bond donors (Lipinski definition) is 1. The van der Waals surface area contributed by atoms with Gasteiger partial charge >= 0.3 is 0 Å². The Labute approximate surface area is 124 Å². The first-order chi connectivity index (χ1) is 9.47. The van der Waals surface area contributed by atoms with Crippen molar-refractivity contribution in [3.8, 4) is 6.07 Å². The summed E-state index contributed by atoms with van der Waals surface area (Å²) in [5.41, 5.74) is 1.11. The Balaban J connectivity index is 2.66. The molecule has 1 aromatic rings. The molecule has 0 saturated heterocycles. The number of hydrogen-bond acceptors (Lipinski definition) is 5. The van der Waals surface area contributed by atoms with Crippen molar-refractivity contribution in [2.24, 2.45) is 0 Å². The summed E-state index contributed by atoms with van der Waals surface area (Å²) in [6.07, 6.45) is 2.00. The Kier molecular flexibility index (Phi) is 6.46. The maximum Gasteiger partial charge on any atom is 0.230 e. The topological polar surface area (TPSA) is 78.7 Å². The molecule has 5 nitrogen and oxygen atoms in total. The van der Waals surface area contributed by atoms with E-state index in [1.54, 1.807) is 13.8 Å². The number of nitriles is 1. The second kappa shape index (κ2) is 7.85. The van der Waals surface area contributed by atoms with Gasteiger partial charge in [-0.05, 0) is 27.2 Å². The van der Waals surface area contributed by atoms with E-state index in [0.29, 0.717) is 22.1 Å². The van der Waals surface area contributed by atoms with E-state index in [-0.39, 0.29) is 17.7 Å². The quantitative estimate of drug-likeness (QED) is 0.643. The molecule has 0 aromatic carbocycles. The second-order valence-electron chi connectivity index (χ2n) is 4.69. The summed E-state index contributed by atoms with van der Waals surface area (Å²) in [5.74, 6) is 0.844. The normalized spacial score (nSPS) is 11.8. The molecule has 0 bridgehead atoms. The van der Waals surface area contributed by atoms with E-state index in [1.165, 1.54) is 11.8 Å². The van der Waals surface area contributed by atoms with Crippen LogP contribution >= 0.6 is 11.8 Å². The minimum Gasteiger partial charge on any atom is -0.353 e. The number of rotatable bonds is 6. The van der Waals surface area contributed by atoms with Crippen LogP contribution in [-0.4, -0.2) is 27.7 Å². The molecular formula is C14H20N4OS. The molecule has 1 aromatic heterocycles. The van der Waals surface area contributed by atoms with Gasteiger partial charge in [-0.3, -0.25) is 4.79 Å². The first-order valence-corrected chi connectivity index (χ1v) is 7.64. The third-order valence-electron chi connectivity index (χ3n) is 2.75. The number of carbonyl (C=O) groups is 1. The van der Waals surface area contributed by atoms with E-state index in [0.717, 1.165) is 12.8 Å². The monoisotopic (exact) mass is 292 g/mol. The number of nitrogens with one attached hydrogen (secondary N) is 1. The zero-order valence-corrected chi connectivity index (χ0v) is 13.2. The molecule has 108 valence electrons. The molecule has 1 rings (SSSR count). The fraction of sp³-hybridized carbons (Fsp3) is 0.571. The lowest BCUT2D eigenvalue weighted by Crippen LogP contribution is -2.33. The third kappa shape index (κ3) is 4.82. The van der Waals surface area contributed by atoms with Crippen molar-refractivity contribution in [3.63, 3.8) is 0 Å². The van der Waals surface area contributed by atoms with Crippen molar-refractivity contribution in [1.29, 1.82) is 5.26 Å². The molecule has 0 saturated carbocycles. The summed E-state index contributed by atoms with van der Waals surface area (Å²) < 4.78 is 0. The van der Waals surface area contributed by atoms with Gasteiger partial charge in [-0.1, -0.05) is 25.1 Å². The van der Waals surface area contributed by atoms with Gasteiger partial charge in [-0.15, -0.1) is 0 Å². The summed E-state index contributed by atoms with van der Waals surface area (Å²) >= 11 is 1.28. The average Bonchev–Trinajstić information content (AvgIpc) is 2.36. The lowest BCUT2D eigenvalue weighted by molar-refractivity contribution is -0.119. The van der Waals surface area contributed by atoms with Crippen LogP contribution < -0.4 is 5.32 Å². The van der Waals surface area contributed by atoms with Crippen LogP contribution in [0.5, 0.6) is 0 Å². The summed E-state index contributed by atoms with van der Waals surface area (Å²) in [4.78, 5) is 20.2. The minimum absolute atomic E-state index is 0.0336. The lowest BCUT2D eigenvalue weighted by Gasteiger charge is -2.12. The minimum atomic E-state index is -0.0336. The van der Waals surface area contributed by atoms with Gasteiger partial charge in [-0.25, -0.2) is 9.97 Å². The zero-order chi connectivity index (χ0) is 15.1. The van der Waals surface area contributed by atoms with E-state index >= 15 is 0 Å². The molecule has 20 heavy (non-hydrogen) atoms. The van der Waals surface area contributed by atoms with Gasteiger partial charge in [-0.2, -0.15) is 5.26 Å². The number of nitrogens with zero attached hydrogens (tertiary/aromatic N) is 3. The standard InChI is InChI=1S/C14H20N4OS/c1-5-6-9(2)16-13(19)8-20-14-12(7-15)10(3)17-11(4)18-14/h9H,5-6,8H2,1-4H3,(H,16,19).